The van der Waals surface area contributed by atoms with E-state index in [1.165, 1.54) is 25.7 Å². The molecule has 0 aliphatic rings. The van der Waals surface area contributed by atoms with Crippen molar-refractivity contribution < 1.29 is 9.47 Å². The van der Waals surface area contributed by atoms with Crippen LogP contribution < -0.4 is 15.2 Å². The summed E-state index contributed by atoms with van der Waals surface area (Å²) in [5.74, 6) is 1.58. The van der Waals surface area contributed by atoms with Crippen molar-refractivity contribution in [3.8, 4) is 11.5 Å². The number of ether oxygens (including phenoxy) is 2. The molecule has 18 heavy (non-hydrogen) atoms. The van der Waals surface area contributed by atoms with Gasteiger partial charge in [0.25, 0.3) is 0 Å². The molecule has 102 valence electrons. The van der Waals surface area contributed by atoms with Crippen molar-refractivity contribution >= 4 is 0 Å². The van der Waals surface area contributed by atoms with Crippen LogP contribution in [0.4, 0.5) is 0 Å². The summed E-state index contributed by atoms with van der Waals surface area (Å²) in [5.41, 5.74) is 6.69. The van der Waals surface area contributed by atoms with Gasteiger partial charge in [0.05, 0.1) is 13.7 Å². The van der Waals surface area contributed by atoms with E-state index in [1.54, 1.807) is 7.11 Å². The first-order valence-corrected chi connectivity index (χ1v) is 6.81. The van der Waals surface area contributed by atoms with E-state index in [0.29, 0.717) is 6.54 Å². The average Bonchev–Trinajstić information content (AvgIpc) is 2.42. The lowest BCUT2D eigenvalue weighted by molar-refractivity contribution is 0.284. The van der Waals surface area contributed by atoms with Crippen LogP contribution in [-0.4, -0.2) is 13.7 Å². The molecule has 0 bridgehead atoms. The molecule has 0 atom stereocenters. The Morgan fingerprint density at radius 2 is 1.83 bits per heavy atom. The van der Waals surface area contributed by atoms with Crippen LogP contribution in [0.3, 0.4) is 0 Å². The van der Waals surface area contributed by atoms with E-state index in [0.717, 1.165) is 30.1 Å². The van der Waals surface area contributed by atoms with Gasteiger partial charge in [-0.25, -0.2) is 0 Å². The Balaban J connectivity index is 2.39. The lowest BCUT2D eigenvalue weighted by atomic mass is 10.1. The lowest BCUT2D eigenvalue weighted by Crippen LogP contribution is -2.02. The highest BCUT2D eigenvalue weighted by Crippen LogP contribution is 2.28. The number of unbranched alkanes of at least 4 members (excludes halogenated alkanes) is 4. The zero-order chi connectivity index (χ0) is 13.2. The number of hydrogen-bond acceptors (Lipinski definition) is 3. The minimum absolute atomic E-state index is 0.525. The smallest absolute Gasteiger partial charge is 0.161 e. The lowest BCUT2D eigenvalue weighted by Gasteiger charge is -2.11. The standard InChI is InChI=1S/C15H25NO2/c1-3-4-5-6-7-10-18-15-11-13(12-16)8-9-14(15)17-2/h8-9,11H,3-7,10,12,16H2,1-2H3. The molecular formula is C15H25NO2. The molecule has 0 radical (unpaired) electrons. The second-order valence-electron chi connectivity index (χ2n) is 4.45. The van der Waals surface area contributed by atoms with Crippen molar-refractivity contribution in [3.63, 3.8) is 0 Å². The Hall–Kier alpha value is -1.22. The fourth-order valence-corrected chi connectivity index (χ4v) is 1.85. The van der Waals surface area contributed by atoms with Crippen molar-refractivity contribution in [3.05, 3.63) is 23.8 Å². The van der Waals surface area contributed by atoms with Crippen molar-refractivity contribution in [2.45, 2.75) is 45.6 Å². The van der Waals surface area contributed by atoms with Gasteiger partial charge >= 0.3 is 0 Å². The highest BCUT2D eigenvalue weighted by molar-refractivity contribution is 5.42. The van der Waals surface area contributed by atoms with E-state index in [1.807, 2.05) is 18.2 Å². The fourth-order valence-electron chi connectivity index (χ4n) is 1.85. The third-order valence-electron chi connectivity index (χ3n) is 2.97. The number of rotatable bonds is 9. The highest BCUT2D eigenvalue weighted by Gasteiger charge is 2.04. The predicted octanol–water partition coefficient (Wildman–Crippen LogP) is 3.50. The van der Waals surface area contributed by atoms with E-state index >= 15 is 0 Å². The third-order valence-corrected chi connectivity index (χ3v) is 2.97. The molecule has 0 aliphatic carbocycles. The van der Waals surface area contributed by atoms with Gasteiger partial charge in [-0.1, -0.05) is 38.7 Å². The first-order valence-electron chi connectivity index (χ1n) is 6.81. The predicted molar refractivity (Wildman–Crippen MR) is 75.1 cm³/mol. The van der Waals surface area contributed by atoms with Crippen molar-refractivity contribution in [1.82, 2.24) is 0 Å². The Labute approximate surface area is 110 Å². The summed E-state index contributed by atoms with van der Waals surface area (Å²) in [6.07, 6.45) is 6.20. The molecule has 2 N–H and O–H groups in total. The second-order valence-corrected chi connectivity index (χ2v) is 4.45. The SMILES string of the molecule is CCCCCCCOc1cc(CN)ccc1OC. The van der Waals surface area contributed by atoms with Crippen LogP contribution in [0.25, 0.3) is 0 Å². The first kappa shape index (κ1) is 14.8. The molecule has 0 heterocycles. The van der Waals surface area contributed by atoms with E-state index in [9.17, 15) is 0 Å². The molecule has 0 saturated carbocycles. The Kier molecular flexibility index (Phi) is 7.26. The van der Waals surface area contributed by atoms with E-state index < -0.39 is 0 Å². The zero-order valence-electron chi connectivity index (χ0n) is 11.6. The number of hydrogen-bond donors (Lipinski definition) is 1. The first-order chi connectivity index (χ1) is 8.81. The summed E-state index contributed by atoms with van der Waals surface area (Å²) in [4.78, 5) is 0. The summed E-state index contributed by atoms with van der Waals surface area (Å²) in [5, 5.41) is 0. The minimum atomic E-state index is 0.525. The molecule has 0 aliphatic heterocycles. The zero-order valence-corrected chi connectivity index (χ0v) is 11.6. The molecule has 0 saturated heterocycles. The quantitative estimate of drug-likeness (QED) is 0.683. The van der Waals surface area contributed by atoms with Crippen molar-refractivity contribution in [2.24, 2.45) is 5.73 Å². The van der Waals surface area contributed by atoms with E-state index in [4.69, 9.17) is 15.2 Å². The molecule has 1 aromatic carbocycles. The molecule has 0 fully saturated rings. The van der Waals surface area contributed by atoms with Gasteiger partial charge in [-0.15, -0.1) is 0 Å². The molecule has 1 rings (SSSR count). The van der Waals surface area contributed by atoms with Gasteiger partial charge in [0.2, 0.25) is 0 Å². The molecule has 3 heteroatoms. The molecular weight excluding hydrogens is 226 g/mol. The number of nitrogens with two attached hydrogens (primary N) is 1. The Morgan fingerprint density at radius 1 is 1.06 bits per heavy atom. The van der Waals surface area contributed by atoms with Gasteiger partial charge in [-0.2, -0.15) is 0 Å². The largest absolute Gasteiger partial charge is 0.493 e. The van der Waals surface area contributed by atoms with Gasteiger partial charge in [-0.05, 0) is 24.1 Å². The molecule has 0 spiro atoms. The van der Waals surface area contributed by atoms with Crippen molar-refractivity contribution in [2.75, 3.05) is 13.7 Å². The van der Waals surface area contributed by atoms with Crippen LogP contribution in [0.5, 0.6) is 11.5 Å². The summed E-state index contributed by atoms with van der Waals surface area (Å²) in [7, 11) is 1.66. The van der Waals surface area contributed by atoms with Gasteiger partial charge in [0, 0.05) is 6.54 Å². The van der Waals surface area contributed by atoms with Gasteiger partial charge in [0.1, 0.15) is 0 Å². The third kappa shape index (κ3) is 4.96. The van der Waals surface area contributed by atoms with Crippen LogP contribution in [0.15, 0.2) is 18.2 Å². The number of benzene rings is 1. The summed E-state index contributed by atoms with van der Waals surface area (Å²) >= 11 is 0. The fraction of sp³-hybridized carbons (Fsp3) is 0.600. The average molecular weight is 251 g/mol. The second kappa shape index (κ2) is 8.81. The van der Waals surface area contributed by atoms with Gasteiger partial charge in [-0.3, -0.25) is 0 Å². The van der Waals surface area contributed by atoms with Crippen LogP contribution in [0, 0.1) is 0 Å². The topological polar surface area (TPSA) is 44.5 Å². The molecule has 0 aromatic heterocycles. The maximum atomic E-state index is 5.77. The summed E-state index contributed by atoms with van der Waals surface area (Å²) in [6.45, 7) is 3.49. The number of methoxy groups -OCH3 is 1. The summed E-state index contributed by atoms with van der Waals surface area (Å²) in [6, 6.07) is 5.84. The Bertz CT molecular complexity index is 339. The van der Waals surface area contributed by atoms with Gasteiger partial charge < -0.3 is 15.2 Å². The van der Waals surface area contributed by atoms with Crippen LogP contribution in [0.1, 0.15) is 44.6 Å². The van der Waals surface area contributed by atoms with E-state index in [2.05, 4.69) is 6.92 Å². The van der Waals surface area contributed by atoms with Crippen LogP contribution in [0.2, 0.25) is 0 Å². The minimum Gasteiger partial charge on any atom is -0.493 e. The maximum Gasteiger partial charge on any atom is 0.161 e. The monoisotopic (exact) mass is 251 g/mol. The maximum absolute atomic E-state index is 5.77. The van der Waals surface area contributed by atoms with Crippen LogP contribution >= 0.6 is 0 Å². The van der Waals surface area contributed by atoms with Crippen molar-refractivity contribution in [1.29, 1.82) is 0 Å². The molecule has 1 aromatic rings. The molecule has 0 unspecified atom stereocenters. The molecule has 0 amide bonds. The summed E-state index contributed by atoms with van der Waals surface area (Å²) < 4.78 is 11.0. The van der Waals surface area contributed by atoms with Gasteiger partial charge in [0.15, 0.2) is 11.5 Å². The normalized spacial score (nSPS) is 10.4. The highest BCUT2D eigenvalue weighted by atomic mass is 16.5. The van der Waals surface area contributed by atoms with Crippen LogP contribution in [-0.2, 0) is 6.54 Å². The Morgan fingerprint density at radius 3 is 2.50 bits per heavy atom. The molecule has 3 nitrogen and oxygen atoms in total. The van der Waals surface area contributed by atoms with E-state index in [-0.39, 0.29) is 0 Å².